The lowest BCUT2D eigenvalue weighted by molar-refractivity contribution is 0.984. The summed E-state index contributed by atoms with van der Waals surface area (Å²) in [6.07, 6.45) is 3.52. The topological polar surface area (TPSA) is 63.8 Å². The van der Waals surface area contributed by atoms with E-state index in [4.69, 9.17) is 18.0 Å². The minimum Gasteiger partial charge on any atom is -0.389 e. The molecule has 6 heteroatoms. The number of rotatable bonds is 4. The number of nitrogens with zero attached hydrogens (tertiary/aromatic N) is 2. The molecule has 0 saturated carbocycles. The van der Waals surface area contributed by atoms with Gasteiger partial charge in [-0.2, -0.15) is 0 Å². The highest BCUT2D eigenvalue weighted by atomic mass is 79.9. The number of thiocarbonyl (C=S) groups is 1. The van der Waals surface area contributed by atoms with Gasteiger partial charge in [0.25, 0.3) is 0 Å². The number of nitrogens with two attached hydrogens (primary N) is 1. The monoisotopic (exact) mass is 336 g/mol. The van der Waals surface area contributed by atoms with Crippen LogP contribution in [0.3, 0.4) is 0 Å². The average Bonchev–Trinajstić information content (AvgIpc) is 2.39. The van der Waals surface area contributed by atoms with Crippen LogP contribution in [-0.4, -0.2) is 15.0 Å². The Balaban J connectivity index is 2.07. The van der Waals surface area contributed by atoms with Gasteiger partial charge >= 0.3 is 0 Å². The number of hydrogen-bond donors (Lipinski definition) is 2. The van der Waals surface area contributed by atoms with Crippen molar-refractivity contribution in [2.24, 2.45) is 5.73 Å². The second kappa shape index (κ2) is 6.08. The Bertz CT molecular complexity index is 598. The van der Waals surface area contributed by atoms with Crippen LogP contribution in [0.25, 0.3) is 0 Å². The predicted molar refractivity (Wildman–Crippen MR) is 84.1 cm³/mol. The SMILES string of the molecule is Cc1cnc(CNc2ccc(C(N)=S)cc2Br)cn1. The minimum absolute atomic E-state index is 0.386. The summed E-state index contributed by atoms with van der Waals surface area (Å²) in [6.45, 7) is 2.52. The Kier molecular flexibility index (Phi) is 4.44. The second-order valence-electron chi connectivity index (χ2n) is 4.06. The fraction of sp³-hybridized carbons (Fsp3) is 0.154. The molecule has 0 saturated heterocycles. The minimum atomic E-state index is 0.386. The fourth-order valence-corrected chi connectivity index (χ4v) is 2.15. The lowest BCUT2D eigenvalue weighted by atomic mass is 10.2. The molecule has 0 bridgehead atoms. The van der Waals surface area contributed by atoms with Crippen LogP contribution in [-0.2, 0) is 6.54 Å². The molecule has 0 aliphatic carbocycles. The predicted octanol–water partition coefficient (Wildman–Crippen LogP) is 2.79. The molecule has 1 aromatic heterocycles. The fourth-order valence-electron chi connectivity index (χ4n) is 1.51. The summed E-state index contributed by atoms with van der Waals surface area (Å²) in [5, 5.41) is 3.28. The Morgan fingerprint density at radius 1 is 1.37 bits per heavy atom. The molecule has 0 amide bonds. The summed E-state index contributed by atoms with van der Waals surface area (Å²) in [5.74, 6) is 0. The first-order valence-corrected chi connectivity index (χ1v) is 6.87. The molecule has 0 spiro atoms. The van der Waals surface area contributed by atoms with Gasteiger partial charge < -0.3 is 11.1 Å². The Morgan fingerprint density at radius 2 is 2.16 bits per heavy atom. The molecule has 0 unspecified atom stereocenters. The van der Waals surface area contributed by atoms with Crippen molar-refractivity contribution in [2.45, 2.75) is 13.5 Å². The zero-order chi connectivity index (χ0) is 13.8. The van der Waals surface area contributed by atoms with Crippen molar-refractivity contribution < 1.29 is 0 Å². The van der Waals surface area contributed by atoms with Crippen molar-refractivity contribution >= 4 is 38.8 Å². The zero-order valence-electron chi connectivity index (χ0n) is 10.4. The number of nitrogens with one attached hydrogen (secondary N) is 1. The first kappa shape index (κ1) is 13.9. The van der Waals surface area contributed by atoms with Gasteiger partial charge in [0.15, 0.2) is 0 Å². The molecule has 0 aliphatic heterocycles. The van der Waals surface area contributed by atoms with Crippen molar-refractivity contribution in [1.82, 2.24) is 9.97 Å². The van der Waals surface area contributed by atoms with Crippen molar-refractivity contribution in [2.75, 3.05) is 5.32 Å². The van der Waals surface area contributed by atoms with Gasteiger partial charge in [-0.25, -0.2) is 0 Å². The lowest BCUT2D eigenvalue weighted by Crippen LogP contribution is -2.09. The van der Waals surface area contributed by atoms with E-state index in [1.165, 1.54) is 0 Å². The van der Waals surface area contributed by atoms with Gasteiger partial charge in [-0.15, -0.1) is 0 Å². The third-order valence-corrected chi connectivity index (χ3v) is 3.44. The first-order valence-electron chi connectivity index (χ1n) is 5.67. The quantitative estimate of drug-likeness (QED) is 0.840. The maximum atomic E-state index is 5.58. The van der Waals surface area contributed by atoms with Gasteiger partial charge in [0, 0.05) is 21.9 Å². The third-order valence-electron chi connectivity index (χ3n) is 2.55. The van der Waals surface area contributed by atoms with Gasteiger partial charge in [-0.1, -0.05) is 12.2 Å². The summed E-state index contributed by atoms with van der Waals surface area (Å²) in [5.41, 5.74) is 9.17. The smallest absolute Gasteiger partial charge is 0.104 e. The number of benzene rings is 1. The normalized spacial score (nSPS) is 10.2. The van der Waals surface area contributed by atoms with Crippen molar-refractivity contribution in [3.05, 3.63) is 52.0 Å². The van der Waals surface area contributed by atoms with Gasteiger partial charge in [-0.3, -0.25) is 9.97 Å². The molecule has 0 fully saturated rings. The van der Waals surface area contributed by atoms with Crippen LogP contribution in [0.4, 0.5) is 5.69 Å². The van der Waals surface area contributed by atoms with Gasteiger partial charge in [0.1, 0.15) is 4.99 Å². The van der Waals surface area contributed by atoms with Crippen molar-refractivity contribution in [3.63, 3.8) is 0 Å². The average molecular weight is 337 g/mol. The number of aromatic nitrogens is 2. The molecule has 1 aromatic carbocycles. The molecule has 1 heterocycles. The Hall–Kier alpha value is -1.53. The van der Waals surface area contributed by atoms with E-state index < -0.39 is 0 Å². The molecular formula is C13H13BrN4S. The van der Waals surface area contributed by atoms with E-state index in [9.17, 15) is 0 Å². The molecule has 2 rings (SSSR count). The van der Waals surface area contributed by atoms with Crippen LogP contribution in [0.2, 0.25) is 0 Å². The molecule has 0 atom stereocenters. The van der Waals surface area contributed by atoms with Crippen molar-refractivity contribution in [3.8, 4) is 0 Å². The molecule has 19 heavy (non-hydrogen) atoms. The van der Waals surface area contributed by atoms with E-state index in [0.717, 1.165) is 27.1 Å². The number of aryl methyl sites for hydroxylation is 1. The summed E-state index contributed by atoms with van der Waals surface area (Å²) in [6, 6.07) is 5.71. The maximum absolute atomic E-state index is 5.58. The summed E-state index contributed by atoms with van der Waals surface area (Å²) >= 11 is 8.42. The number of anilines is 1. The lowest BCUT2D eigenvalue weighted by Gasteiger charge is -2.09. The maximum Gasteiger partial charge on any atom is 0.104 e. The molecule has 0 radical (unpaired) electrons. The number of hydrogen-bond acceptors (Lipinski definition) is 4. The highest BCUT2D eigenvalue weighted by molar-refractivity contribution is 9.10. The van der Waals surface area contributed by atoms with Crippen molar-refractivity contribution in [1.29, 1.82) is 0 Å². The number of halogens is 1. The molecule has 2 aromatic rings. The van der Waals surface area contributed by atoms with Crippen LogP contribution in [0.15, 0.2) is 35.1 Å². The Labute approximate surface area is 125 Å². The van der Waals surface area contributed by atoms with E-state index in [2.05, 4.69) is 31.2 Å². The highest BCUT2D eigenvalue weighted by Crippen LogP contribution is 2.24. The van der Waals surface area contributed by atoms with E-state index in [0.29, 0.717) is 11.5 Å². The van der Waals surface area contributed by atoms with Gasteiger partial charge in [0.2, 0.25) is 0 Å². The summed E-state index contributed by atoms with van der Waals surface area (Å²) < 4.78 is 0.915. The summed E-state index contributed by atoms with van der Waals surface area (Å²) in [4.78, 5) is 8.88. The standard InChI is InChI=1S/C13H13BrN4S/c1-8-5-17-10(6-16-8)7-18-12-3-2-9(13(15)19)4-11(12)14/h2-6,18H,7H2,1H3,(H2,15,19). The Morgan fingerprint density at radius 3 is 2.74 bits per heavy atom. The van der Waals surface area contributed by atoms with E-state index in [1.54, 1.807) is 12.4 Å². The largest absolute Gasteiger partial charge is 0.389 e. The van der Waals surface area contributed by atoms with Gasteiger partial charge in [0.05, 0.1) is 24.1 Å². The van der Waals surface area contributed by atoms with Gasteiger partial charge in [-0.05, 0) is 41.1 Å². The van der Waals surface area contributed by atoms with E-state index in [-0.39, 0.29) is 0 Å². The van der Waals surface area contributed by atoms with Crippen LogP contribution in [0.1, 0.15) is 17.0 Å². The molecular weight excluding hydrogens is 324 g/mol. The molecule has 98 valence electrons. The van der Waals surface area contributed by atoms with Crippen LogP contribution >= 0.6 is 28.1 Å². The molecule has 0 aliphatic rings. The zero-order valence-corrected chi connectivity index (χ0v) is 12.8. The third kappa shape index (κ3) is 3.71. The van der Waals surface area contributed by atoms with Crippen LogP contribution in [0, 0.1) is 6.92 Å². The van der Waals surface area contributed by atoms with Crippen LogP contribution in [0.5, 0.6) is 0 Å². The van der Waals surface area contributed by atoms with E-state index >= 15 is 0 Å². The van der Waals surface area contributed by atoms with Crippen LogP contribution < -0.4 is 11.1 Å². The summed E-state index contributed by atoms with van der Waals surface area (Å²) in [7, 11) is 0. The van der Waals surface area contributed by atoms with E-state index in [1.807, 2.05) is 25.1 Å². The first-order chi connectivity index (χ1) is 9.06. The molecule has 4 nitrogen and oxygen atoms in total. The second-order valence-corrected chi connectivity index (χ2v) is 5.36. The molecule has 3 N–H and O–H groups in total. The highest BCUT2D eigenvalue weighted by Gasteiger charge is 2.03.